The molecule has 1 N–H and O–H groups in total. The summed E-state index contributed by atoms with van der Waals surface area (Å²) in [5.41, 5.74) is 0. The molecule has 3 rings (SSSR count). The molecule has 0 spiro atoms. The molecular weight excluding hydrogens is 323 g/mol. The van der Waals surface area contributed by atoms with E-state index < -0.39 is 12.0 Å². The molecule has 1 saturated carbocycles. The Balaban J connectivity index is 1.63. The maximum Gasteiger partial charge on any atom is 0.451 e. The summed E-state index contributed by atoms with van der Waals surface area (Å²) in [6.07, 6.45) is -1.42. The van der Waals surface area contributed by atoms with Gasteiger partial charge in [0.2, 0.25) is 5.82 Å². The van der Waals surface area contributed by atoms with Gasteiger partial charge in [0.05, 0.1) is 6.54 Å². The first-order valence-electron chi connectivity index (χ1n) is 8.30. The maximum atomic E-state index is 12.8. The Morgan fingerprint density at radius 2 is 1.96 bits per heavy atom. The highest BCUT2D eigenvalue weighted by Gasteiger charge is 2.40. The van der Waals surface area contributed by atoms with Gasteiger partial charge in [-0.1, -0.05) is 13.8 Å². The first kappa shape index (κ1) is 17.0. The fourth-order valence-electron chi connectivity index (χ4n) is 3.67. The number of hydrogen-bond acceptors (Lipinski definition) is 3. The summed E-state index contributed by atoms with van der Waals surface area (Å²) < 4.78 is 39.5. The van der Waals surface area contributed by atoms with Crippen LogP contribution in [0.5, 0.6) is 0 Å². The number of alkyl halides is 3. The van der Waals surface area contributed by atoms with E-state index in [4.69, 9.17) is 0 Å². The van der Waals surface area contributed by atoms with Crippen LogP contribution in [0.2, 0.25) is 0 Å². The van der Waals surface area contributed by atoms with Crippen LogP contribution in [0.15, 0.2) is 0 Å². The zero-order valence-electron chi connectivity index (χ0n) is 13.8. The number of halogens is 3. The number of carbonyl (C=O) groups excluding carboxylic acids is 1. The monoisotopic (exact) mass is 345 g/mol. The normalized spacial score (nSPS) is 27.7. The van der Waals surface area contributed by atoms with Crippen LogP contribution >= 0.6 is 0 Å². The van der Waals surface area contributed by atoms with Crippen molar-refractivity contribution in [1.82, 2.24) is 25.0 Å². The minimum absolute atomic E-state index is 0.0480. The zero-order valence-corrected chi connectivity index (χ0v) is 13.8. The summed E-state index contributed by atoms with van der Waals surface area (Å²) in [7, 11) is 0. The highest BCUT2D eigenvalue weighted by atomic mass is 19.4. The van der Waals surface area contributed by atoms with Crippen molar-refractivity contribution in [2.75, 3.05) is 6.54 Å². The van der Waals surface area contributed by atoms with E-state index in [9.17, 15) is 18.0 Å². The molecule has 2 amide bonds. The molecule has 1 aliphatic heterocycles. The fraction of sp³-hybridized carbons (Fsp3) is 0.800. The molecule has 0 bridgehead atoms. The van der Waals surface area contributed by atoms with E-state index in [0.717, 1.165) is 23.8 Å². The predicted octanol–water partition coefficient (Wildman–Crippen LogP) is 2.65. The van der Waals surface area contributed by atoms with Crippen LogP contribution in [-0.2, 0) is 19.3 Å². The van der Waals surface area contributed by atoms with Gasteiger partial charge in [-0.3, -0.25) is 0 Å². The number of fused-ring (bicyclic) bond motifs is 1. The molecule has 9 heteroatoms. The highest BCUT2D eigenvalue weighted by Crippen LogP contribution is 2.30. The first-order valence-corrected chi connectivity index (χ1v) is 8.30. The van der Waals surface area contributed by atoms with Gasteiger partial charge >= 0.3 is 12.2 Å². The van der Waals surface area contributed by atoms with Crippen molar-refractivity contribution < 1.29 is 18.0 Å². The molecule has 134 valence electrons. The van der Waals surface area contributed by atoms with E-state index in [1.54, 1.807) is 0 Å². The Hall–Kier alpha value is -1.80. The Morgan fingerprint density at radius 1 is 1.21 bits per heavy atom. The van der Waals surface area contributed by atoms with Crippen molar-refractivity contribution in [3.8, 4) is 0 Å². The van der Waals surface area contributed by atoms with E-state index in [1.807, 2.05) is 0 Å². The number of rotatable bonds is 1. The van der Waals surface area contributed by atoms with Gasteiger partial charge in [0.25, 0.3) is 0 Å². The number of urea groups is 1. The van der Waals surface area contributed by atoms with Crippen LogP contribution < -0.4 is 5.32 Å². The summed E-state index contributed by atoms with van der Waals surface area (Å²) in [6, 6.07) is -0.108. The fourth-order valence-corrected chi connectivity index (χ4v) is 3.67. The molecule has 0 radical (unpaired) electrons. The molecule has 1 fully saturated rings. The quantitative estimate of drug-likeness (QED) is 0.851. The third-order valence-electron chi connectivity index (χ3n) is 5.03. The average molecular weight is 345 g/mol. The molecule has 2 aliphatic rings. The van der Waals surface area contributed by atoms with Gasteiger partial charge in [-0.15, -0.1) is 10.2 Å². The van der Waals surface area contributed by atoms with Gasteiger partial charge in [0.1, 0.15) is 0 Å². The number of carbonyl (C=O) groups is 1. The molecule has 0 saturated heterocycles. The second-order valence-corrected chi connectivity index (χ2v) is 6.96. The van der Waals surface area contributed by atoms with Gasteiger partial charge < -0.3 is 14.8 Å². The third kappa shape index (κ3) is 3.34. The minimum Gasteiger partial charge on any atom is -0.335 e. The van der Waals surface area contributed by atoms with E-state index in [2.05, 4.69) is 29.4 Å². The van der Waals surface area contributed by atoms with Crippen molar-refractivity contribution in [2.45, 2.75) is 58.4 Å². The molecule has 3 unspecified atom stereocenters. The van der Waals surface area contributed by atoms with Crippen LogP contribution in [0.25, 0.3) is 0 Å². The van der Waals surface area contributed by atoms with Gasteiger partial charge in [-0.2, -0.15) is 13.2 Å². The Bertz CT molecular complexity index is 615. The van der Waals surface area contributed by atoms with Crippen LogP contribution in [0.1, 0.15) is 44.8 Å². The summed E-state index contributed by atoms with van der Waals surface area (Å²) >= 11 is 0. The van der Waals surface area contributed by atoms with Gasteiger partial charge in [0, 0.05) is 19.1 Å². The molecule has 1 aliphatic carbocycles. The van der Waals surface area contributed by atoms with Gasteiger partial charge in [-0.25, -0.2) is 4.79 Å². The average Bonchev–Trinajstić information content (AvgIpc) is 2.93. The summed E-state index contributed by atoms with van der Waals surface area (Å²) in [5.74, 6) is 0.256. The number of nitrogens with one attached hydrogen (secondary N) is 1. The Labute approximate surface area is 138 Å². The zero-order chi connectivity index (χ0) is 17.5. The van der Waals surface area contributed by atoms with E-state index in [1.165, 1.54) is 4.90 Å². The van der Waals surface area contributed by atoms with Crippen molar-refractivity contribution in [2.24, 2.45) is 11.8 Å². The Morgan fingerprint density at radius 3 is 2.62 bits per heavy atom. The smallest absolute Gasteiger partial charge is 0.335 e. The Kier molecular flexibility index (Phi) is 4.44. The lowest BCUT2D eigenvalue weighted by molar-refractivity contribution is -0.147. The molecule has 1 aromatic heterocycles. The predicted molar refractivity (Wildman–Crippen MR) is 79.9 cm³/mol. The minimum atomic E-state index is -4.52. The van der Waals surface area contributed by atoms with Crippen LogP contribution in [0.3, 0.4) is 0 Å². The largest absolute Gasteiger partial charge is 0.451 e. The lowest BCUT2D eigenvalue weighted by Gasteiger charge is -2.35. The highest BCUT2D eigenvalue weighted by molar-refractivity contribution is 5.74. The van der Waals surface area contributed by atoms with Crippen LogP contribution in [0.4, 0.5) is 18.0 Å². The molecule has 0 aromatic carbocycles. The topological polar surface area (TPSA) is 63.1 Å². The maximum absolute atomic E-state index is 12.8. The second-order valence-electron chi connectivity index (χ2n) is 6.96. The lowest BCUT2D eigenvalue weighted by atomic mass is 9.80. The standard InChI is InChI=1S/C15H22F3N5O/c1-9-3-4-11(10(2)7-9)19-14(24)22-5-6-23-12(8-22)20-21-13(23)15(16,17)18/h9-11H,3-8H2,1-2H3,(H,19,24). The van der Waals surface area contributed by atoms with Crippen molar-refractivity contribution in [1.29, 1.82) is 0 Å². The molecular formula is C15H22F3N5O. The molecule has 1 aromatic rings. The summed E-state index contributed by atoms with van der Waals surface area (Å²) in [5, 5.41) is 9.86. The number of amides is 2. The SMILES string of the molecule is CC1CCC(NC(=O)N2CCn3c(nnc3C(F)(F)F)C2)C(C)C1. The van der Waals surface area contributed by atoms with Crippen LogP contribution in [-0.4, -0.2) is 38.3 Å². The second kappa shape index (κ2) is 6.25. The molecule has 3 atom stereocenters. The molecule has 6 nitrogen and oxygen atoms in total. The van der Waals surface area contributed by atoms with Crippen molar-refractivity contribution in [3.05, 3.63) is 11.6 Å². The number of aromatic nitrogens is 3. The number of nitrogens with zero attached hydrogens (tertiary/aromatic N) is 4. The van der Waals surface area contributed by atoms with Crippen molar-refractivity contribution in [3.63, 3.8) is 0 Å². The van der Waals surface area contributed by atoms with E-state index >= 15 is 0 Å². The molecule has 2 heterocycles. The van der Waals surface area contributed by atoms with E-state index in [-0.39, 0.29) is 37.5 Å². The van der Waals surface area contributed by atoms with Gasteiger partial charge in [0.15, 0.2) is 5.82 Å². The third-order valence-corrected chi connectivity index (χ3v) is 5.03. The van der Waals surface area contributed by atoms with Gasteiger partial charge in [-0.05, 0) is 31.1 Å². The summed E-state index contributed by atoms with van der Waals surface area (Å²) in [4.78, 5) is 14.0. The number of hydrogen-bond donors (Lipinski definition) is 1. The van der Waals surface area contributed by atoms with Crippen molar-refractivity contribution >= 4 is 6.03 Å². The van der Waals surface area contributed by atoms with Crippen LogP contribution in [0, 0.1) is 11.8 Å². The molecule has 24 heavy (non-hydrogen) atoms. The van der Waals surface area contributed by atoms with E-state index in [0.29, 0.717) is 11.8 Å². The summed E-state index contributed by atoms with van der Waals surface area (Å²) in [6.45, 7) is 4.67. The first-order chi connectivity index (χ1) is 11.3. The lowest BCUT2D eigenvalue weighted by Crippen LogP contribution is -2.50.